The van der Waals surface area contributed by atoms with Crippen LogP contribution in [0.3, 0.4) is 0 Å². The van der Waals surface area contributed by atoms with Crippen LogP contribution in [0.15, 0.2) is 12.5 Å². The van der Waals surface area contributed by atoms with E-state index in [0.717, 1.165) is 12.3 Å². The van der Waals surface area contributed by atoms with E-state index in [1.807, 2.05) is 6.92 Å². The van der Waals surface area contributed by atoms with E-state index in [4.69, 9.17) is 10.5 Å². The van der Waals surface area contributed by atoms with E-state index in [-0.39, 0.29) is 0 Å². The molecule has 1 atom stereocenters. The van der Waals surface area contributed by atoms with Crippen LogP contribution in [0, 0.1) is 0 Å². The number of rotatable bonds is 5. The summed E-state index contributed by atoms with van der Waals surface area (Å²) >= 11 is 0. The highest BCUT2D eigenvalue weighted by Crippen LogP contribution is 2.09. The van der Waals surface area contributed by atoms with Gasteiger partial charge in [0.05, 0.1) is 24.7 Å². The van der Waals surface area contributed by atoms with Gasteiger partial charge in [-0.1, -0.05) is 0 Å². The van der Waals surface area contributed by atoms with Crippen molar-refractivity contribution < 1.29 is 4.74 Å². The third-order valence-electron chi connectivity index (χ3n) is 1.99. The predicted octanol–water partition coefficient (Wildman–Crippen LogP) is 0.939. The molecule has 0 bridgehead atoms. The molecule has 0 saturated heterocycles. The Morgan fingerprint density at radius 2 is 2.46 bits per heavy atom. The first-order valence-corrected chi connectivity index (χ1v) is 4.58. The normalized spacial score (nSPS) is 13.2. The zero-order valence-electron chi connectivity index (χ0n) is 8.23. The number of nitrogens with zero attached hydrogens (tertiary/aromatic N) is 2. The second-order valence-corrected chi connectivity index (χ2v) is 3.00. The van der Waals surface area contributed by atoms with Crippen molar-refractivity contribution >= 4 is 0 Å². The van der Waals surface area contributed by atoms with Crippen molar-refractivity contribution in [1.82, 2.24) is 9.55 Å². The average molecular weight is 183 g/mol. The molecule has 1 aromatic heterocycles. The van der Waals surface area contributed by atoms with E-state index in [1.54, 1.807) is 12.5 Å². The molecule has 0 aliphatic carbocycles. The van der Waals surface area contributed by atoms with Gasteiger partial charge in [-0.15, -0.1) is 0 Å². The number of hydrogen-bond donors (Lipinski definition) is 1. The van der Waals surface area contributed by atoms with Crippen LogP contribution in [0.5, 0.6) is 0 Å². The standard InChI is InChI=1S/C9H17N3O/c1-3-13-6-8(2)12-7-11-5-9(12)4-10/h5,7-8H,3-4,6,10H2,1-2H3. The van der Waals surface area contributed by atoms with E-state index in [2.05, 4.69) is 16.5 Å². The van der Waals surface area contributed by atoms with Crippen LogP contribution in [0.25, 0.3) is 0 Å². The minimum Gasteiger partial charge on any atom is -0.380 e. The van der Waals surface area contributed by atoms with Crippen LogP contribution in [0.2, 0.25) is 0 Å². The van der Waals surface area contributed by atoms with Crippen LogP contribution in [0.4, 0.5) is 0 Å². The second kappa shape index (κ2) is 4.99. The van der Waals surface area contributed by atoms with E-state index in [1.165, 1.54) is 0 Å². The van der Waals surface area contributed by atoms with Crippen molar-refractivity contribution in [2.75, 3.05) is 13.2 Å². The lowest BCUT2D eigenvalue weighted by Gasteiger charge is -2.15. The maximum atomic E-state index is 5.56. The number of ether oxygens (including phenoxy) is 1. The van der Waals surface area contributed by atoms with Gasteiger partial charge in [-0.25, -0.2) is 4.98 Å². The molecule has 0 aromatic carbocycles. The summed E-state index contributed by atoms with van der Waals surface area (Å²) in [6.45, 7) is 6.06. The Balaban J connectivity index is 2.59. The fourth-order valence-corrected chi connectivity index (χ4v) is 1.26. The summed E-state index contributed by atoms with van der Waals surface area (Å²) in [7, 11) is 0. The zero-order chi connectivity index (χ0) is 9.68. The van der Waals surface area contributed by atoms with Gasteiger partial charge in [0.25, 0.3) is 0 Å². The second-order valence-electron chi connectivity index (χ2n) is 3.00. The maximum Gasteiger partial charge on any atom is 0.0951 e. The molecule has 0 aliphatic rings. The zero-order valence-corrected chi connectivity index (χ0v) is 8.23. The van der Waals surface area contributed by atoms with Crippen LogP contribution < -0.4 is 5.73 Å². The molecule has 4 heteroatoms. The first-order valence-electron chi connectivity index (χ1n) is 4.58. The van der Waals surface area contributed by atoms with E-state index in [9.17, 15) is 0 Å². The molecule has 2 N–H and O–H groups in total. The molecule has 1 aromatic rings. The average Bonchev–Trinajstić information content (AvgIpc) is 2.61. The van der Waals surface area contributed by atoms with Crippen molar-refractivity contribution in [1.29, 1.82) is 0 Å². The van der Waals surface area contributed by atoms with Crippen molar-refractivity contribution in [3.63, 3.8) is 0 Å². The van der Waals surface area contributed by atoms with E-state index >= 15 is 0 Å². The van der Waals surface area contributed by atoms with Crippen LogP contribution in [0.1, 0.15) is 25.6 Å². The Morgan fingerprint density at radius 1 is 1.69 bits per heavy atom. The molecule has 13 heavy (non-hydrogen) atoms. The minimum absolute atomic E-state index is 0.306. The Morgan fingerprint density at radius 3 is 3.08 bits per heavy atom. The summed E-state index contributed by atoms with van der Waals surface area (Å²) in [5.41, 5.74) is 6.61. The highest BCUT2D eigenvalue weighted by atomic mass is 16.5. The number of nitrogens with two attached hydrogens (primary N) is 1. The summed E-state index contributed by atoms with van der Waals surface area (Å²) in [5, 5.41) is 0. The molecular weight excluding hydrogens is 166 g/mol. The topological polar surface area (TPSA) is 53.1 Å². The highest BCUT2D eigenvalue weighted by molar-refractivity contribution is 4.99. The Hall–Kier alpha value is -0.870. The molecule has 4 nitrogen and oxygen atoms in total. The van der Waals surface area contributed by atoms with Crippen molar-refractivity contribution in [3.8, 4) is 0 Å². The van der Waals surface area contributed by atoms with Gasteiger partial charge < -0.3 is 15.0 Å². The molecule has 0 fully saturated rings. The lowest BCUT2D eigenvalue weighted by atomic mass is 10.3. The molecule has 1 rings (SSSR count). The lowest BCUT2D eigenvalue weighted by Crippen LogP contribution is -2.15. The molecule has 0 amide bonds. The molecule has 0 saturated carbocycles. The van der Waals surface area contributed by atoms with Gasteiger partial charge in [0, 0.05) is 19.3 Å². The van der Waals surface area contributed by atoms with Crippen molar-refractivity contribution in [2.45, 2.75) is 26.4 Å². The van der Waals surface area contributed by atoms with Gasteiger partial charge in [0.1, 0.15) is 0 Å². The van der Waals surface area contributed by atoms with E-state index in [0.29, 0.717) is 19.2 Å². The Kier molecular flexibility index (Phi) is 3.92. The molecular formula is C9H17N3O. The largest absolute Gasteiger partial charge is 0.380 e. The van der Waals surface area contributed by atoms with Gasteiger partial charge in [-0.3, -0.25) is 0 Å². The summed E-state index contributed by atoms with van der Waals surface area (Å²) in [6.07, 6.45) is 3.59. The molecule has 0 spiro atoms. The minimum atomic E-state index is 0.306. The first-order chi connectivity index (χ1) is 6.29. The van der Waals surface area contributed by atoms with Crippen LogP contribution in [-0.4, -0.2) is 22.8 Å². The quantitative estimate of drug-likeness (QED) is 0.739. The van der Waals surface area contributed by atoms with Gasteiger partial charge in [0.15, 0.2) is 0 Å². The smallest absolute Gasteiger partial charge is 0.0951 e. The Labute approximate surface area is 78.7 Å². The highest BCUT2D eigenvalue weighted by Gasteiger charge is 2.07. The van der Waals surface area contributed by atoms with Gasteiger partial charge in [-0.05, 0) is 13.8 Å². The number of imidazole rings is 1. The van der Waals surface area contributed by atoms with Crippen molar-refractivity contribution in [3.05, 3.63) is 18.2 Å². The van der Waals surface area contributed by atoms with Gasteiger partial charge in [0.2, 0.25) is 0 Å². The van der Waals surface area contributed by atoms with E-state index < -0.39 is 0 Å². The summed E-state index contributed by atoms with van der Waals surface area (Å²) in [4.78, 5) is 4.05. The number of aromatic nitrogens is 2. The van der Waals surface area contributed by atoms with Crippen LogP contribution >= 0.6 is 0 Å². The monoisotopic (exact) mass is 183 g/mol. The van der Waals surface area contributed by atoms with Crippen LogP contribution in [-0.2, 0) is 11.3 Å². The third-order valence-corrected chi connectivity index (χ3v) is 1.99. The SMILES string of the molecule is CCOCC(C)n1cncc1CN. The fraction of sp³-hybridized carbons (Fsp3) is 0.667. The summed E-state index contributed by atoms with van der Waals surface area (Å²) < 4.78 is 7.38. The van der Waals surface area contributed by atoms with Crippen molar-refractivity contribution in [2.24, 2.45) is 5.73 Å². The number of hydrogen-bond acceptors (Lipinski definition) is 3. The molecule has 74 valence electrons. The summed E-state index contributed by atoms with van der Waals surface area (Å²) in [6, 6.07) is 0.306. The molecule has 1 unspecified atom stereocenters. The fourth-order valence-electron chi connectivity index (χ4n) is 1.26. The third kappa shape index (κ3) is 2.54. The lowest BCUT2D eigenvalue weighted by molar-refractivity contribution is 0.118. The molecule has 0 aliphatic heterocycles. The summed E-state index contributed by atoms with van der Waals surface area (Å²) in [5.74, 6) is 0. The van der Waals surface area contributed by atoms with Gasteiger partial charge in [-0.2, -0.15) is 0 Å². The molecule has 0 radical (unpaired) electrons. The first kappa shape index (κ1) is 10.2. The molecule has 1 heterocycles. The Bertz CT molecular complexity index is 247. The predicted molar refractivity (Wildman–Crippen MR) is 51.3 cm³/mol. The maximum absolute atomic E-state index is 5.56. The van der Waals surface area contributed by atoms with Gasteiger partial charge >= 0.3 is 0 Å².